The molecule has 1 N–H and O–H groups in total. The highest BCUT2D eigenvalue weighted by molar-refractivity contribution is 7.91. The van der Waals surface area contributed by atoms with Gasteiger partial charge < -0.3 is 19.0 Å². The van der Waals surface area contributed by atoms with E-state index in [1.165, 1.54) is 25.7 Å². The molecule has 0 saturated carbocycles. The molecule has 11 nitrogen and oxygen atoms in total. The number of aliphatic hydroxyl groups excluding tert-OH is 1. The predicted molar refractivity (Wildman–Crippen MR) is 139 cm³/mol. The Kier molecular flexibility index (Phi) is 6.67. The average Bonchev–Trinajstić information content (AvgIpc) is 3.66. The van der Waals surface area contributed by atoms with Crippen molar-refractivity contribution in [1.82, 2.24) is 24.4 Å². The van der Waals surface area contributed by atoms with Crippen LogP contribution in [0.4, 0.5) is 0 Å². The molecule has 0 fully saturated rings. The monoisotopic (exact) mass is 537 g/mol. The lowest BCUT2D eigenvalue weighted by Crippen LogP contribution is -2.29. The molecule has 0 aliphatic heterocycles. The van der Waals surface area contributed by atoms with E-state index in [0.717, 1.165) is 5.52 Å². The summed E-state index contributed by atoms with van der Waals surface area (Å²) in [6.45, 7) is 3.26. The van der Waals surface area contributed by atoms with Crippen LogP contribution < -0.4 is 9.47 Å². The van der Waals surface area contributed by atoms with Gasteiger partial charge in [-0.2, -0.15) is 5.10 Å². The summed E-state index contributed by atoms with van der Waals surface area (Å²) in [4.78, 5) is 0. The maximum absolute atomic E-state index is 13.7. The summed E-state index contributed by atoms with van der Waals surface area (Å²) in [6, 6.07) is 15.7. The second-order valence-electron chi connectivity index (χ2n) is 8.77. The van der Waals surface area contributed by atoms with Crippen molar-refractivity contribution in [3.63, 3.8) is 0 Å². The largest absolute Gasteiger partial charge is 0.494 e. The summed E-state index contributed by atoms with van der Waals surface area (Å²) in [7, 11) is -0.964. The fraction of sp³-hybridized carbons (Fsp3) is 0.269. The number of aliphatic hydroxyl groups is 1. The van der Waals surface area contributed by atoms with Crippen molar-refractivity contribution in [2.45, 2.75) is 31.0 Å². The smallest absolute Gasteiger partial charge is 0.204 e. The number of benzene rings is 1. The van der Waals surface area contributed by atoms with Gasteiger partial charge in [-0.3, -0.25) is 4.57 Å². The van der Waals surface area contributed by atoms with E-state index < -0.39 is 26.9 Å². The summed E-state index contributed by atoms with van der Waals surface area (Å²) < 4.78 is 47.4. The van der Waals surface area contributed by atoms with E-state index in [4.69, 9.17) is 13.9 Å². The predicted octanol–water partition coefficient (Wildman–Crippen LogP) is 3.54. The number of hydrogen-bond acceptors (Lipinski definition) is 9. The van der Waals surface area contributed by atoms with Gasteiger partial charge in [0.2, 0.25) is 5.82 Å². The molecule has 0 aliphatic rings. The molecule has 5 aromatic rings. The molecule has 0 bridgehead atoms. The first-order valence-corrected chi connectivity index (χ1v) is 13.5. The van der Waals surface area contributed by atoms with E-state index in [1.807, 2.05) is 6.07 Å². The van der Waals surface area contributed by atoms with Gasteiger partial charge in [0.05, 0.1) is 30.7 Å². The minimum atomic E-state index is -3.97. The summed E-state index contributed by atoms with van der Waals surface area (Å²) in [6.07, 6.45) is 0.249. The van der Waals surface area contributed by atoms with Gasteiger partial charge in [-0.25, -0.2) is 12.9 Å². The van der Waals surface area contributed by atoms with Gasteiger partial charge in [-0.15, -0.1) is 10.2 Å². The number of furan rings is 1. The number of hydrogen-bond donors (Lipinski definition) is 1. The Labute approximate surface area is 219 Å². The van der Waals surface area contributed by atoms with Crippen LogP contribution in [0, 0.1) is 6.92 Å². The van der Waals surface area contributed by atoms with Crippen molar-refractivity contribution in [1.29, 1.82) is 0 Å². The van der Waals surface area contributed by atoms with Crippen LogP contribution in [0.15, 0.2) is 65.2 Å². The number of rotatable bonds is 9. The minimum absolute atomic E-state index is 0.105. The van der Waals surface area contributed by atoms with Crippen LogP contribution >= 0.6 is 0 Å². The number of aromatic nitrogens is 5. The number of ether oxygens (including phenoxy) is 2. The first kappa shape index (κ1) is 25.5. The average molecular weight is 538 g/mol. The number of nitrogens with zero attached hydrogens (tertiary/aromatic N) is 5. The van der Waals surface area contributed by atoms with Gasteiger partial charge in [0.15, 0.2) is 21.4 Å². The quantitative estimate of drug-likeness (QED) is 0.300. The lowest BCUT2D eigenvalue weighted by molar-refractivity contribution is 0.168. The molecule has 12 heteroatoms. The zero-order valence-corrected chi connectivity index (χ0v) is 22.1. The Balaban J connectivity index is 1.60. The fourth-order valence-electron chi connectivity index (χ4n) is 4.35. The molecular weight excluding hydrogens is 510 g/mol. The second-order valence-corrected chi connectivity index (χ2v) is 11.1. The Morgan fingerprint density at radius 3 is 2.37 bits per heavy atom. The molecule has 0 saturated heterocycles. The first-order valence-electron chi connectivity index (χ1n) is 11.8. The van der Waals surface area contributed by atoms with E-state index in [9.17, 15) is 13.5 Å². The lowest BCUT2D eigenvalue weighted by Gasteiger charge is -2.21. The summed E-state index contributed by atoms with van der Waals surface area (Å²) >= 11 is 0. The summed E-state index contributed by atoms with van der Waals surface area (Å²) in [5, 5.41) is 22.7. The van der Waals surface area contributed by atoms with E-state index >= 15 is 0 Å². The zero-order chi connectivity index (χ0) is 27.0. The van der Waals surface area contributed by atoms with E-state index in [0.29, 0.717) is 34.4 Å². The standard InChI is InChI=1S/C26H27N5O6S/c1-16-11-12-22(37-16)26-29-28-23(30(26)24-20(35-3)9-6-10-21(24)36-4)15-38(33,34)17(2)25(32)19-8-5-7-18-13-14-27-31(18)19/h5-14,17,25,32H,15H2,1-4H3/t17-,25+/m0/s1. The number of aryl methyl sites for hydroxylation is 1. The van der Waals surface area contributed by atoms with Crippen LogP contribution in [0.5, 0.6) is 11.5 Å². The van der Waals surface area contributed by atoms with Crippen LogP contribution in [0.2, 0.25) is 0 Å². The fourth-order valence-corrected chi connectivity index (χ4v) is 5.70. The molecule has 0 spiro atoms. The van der Waals surface area contributed by atoms with Crippen LogP contribution in [0.1, 0.15) is 30.3 Å². The van der Waals surface area contributed by atoms with E-state index in [2.05, 4.69) is 15.3 Å². The third kappa shape index (κ3) is 4.41. The number of methoxy groups -OCH3 is 2. The molecule has 4 aromatic heterocycles. The van der Waals surface area contributed by atoms with Crippen molar-refractivity contribution < 1.29 is 27.4 Å². The Morgan fingerprint density at radius 1 is 1.00 bits per heavy atom. The first-order chi connectivity index (χ1) is 18.2. The summed E-state index contributed by atoms with van der Waals surface area (Å²) in [5.41, 5.74) is 1.53. The van der Waals surface area contributed by atoms with E-state index in [1.54, 1.807) is 66.2 Å². The number of pyridine rings is 1. The highest BCUT2D eigenvalue weighted by Gasteiger charge is 2.34. The van der Waals surface area contributed by atoms with Crippen molar-refractivity contribution in [2.75, 3.05) is 14.2 Å². The van der Waals surface area contributed by atoms with Crippen LogP contribution in [-0.2, 0) is 15.6 Å². The number of para-hydroxylation sites is 1. The third-order valence-electron chi connectivity index (χ3n) is 6.41. The molecule has 5 rings (SSSR count). The lowest BCUT2D eigenvalue weighted by atomic mass is 10.2. The minimum Gasteiger partial charge on any atom is -0.494 e. The molecule has 0 amide bonds. The van der Waals surface area contributed by atoms with Crippen molar-refractivity contribution in [3.8, 4) is 28.8 Å². The molecule has 1 aromatic carbocycles. The number of sulfone groups is 1. The Hall–Kier alpha value is -4.16. The van der Waals surface area contributed by atoms with Gasteiger partial charge >= 0.3 is 0 Å². The number of fused-ring (bicyclic) bond motifs is 1. The highest BCUT2D eigenvalue weighted by Crippen LogP contribution is 2.37. The topological polar surface area (TPSA) is 134 Å². The highest BCUT2D eigenvalue weighted by atomic mass is 32.2. The normalized spacial score (nSPS) is 13.5. The maximum Gasteiger partial charge on any atom is 0.204 e. The molecule has 198 valence electrons. The molecule has 0 radical (unpaired) electrons. The molecule has 0 unspecified atom stereocenters. The van der Waals surface area contributed by atoms with E-state index in [-0.39, 0.29) is 11.6 Å². The van der Waals surface area contributed by atoms with Gasteiger partial charge in [0.1, 0.15) is 34.8 Å². The molecular formula is C26H27N5O6S. The van der Waals surface area contributed by atoms with Gasteiger partial charge in [-0.1, -0.05) is 12.1 Å². The molecule has 2 atom stereocenters. The third-order valence-corrected chi connectivity index (χ3v) is 8.46. The van der Waals surface area contributed by atoms with Crippen LogP contribution in [0.3, 0.4) is 0 Å². The second kappa shape index (κ2) is 9.95. The van der Waals surface area contributed by atoms with Gasteiger partial charge in [0.25, 0.3) is 0 Å². The summed E-state index contributed by atoms with van der Waals surface area (Å²) in [5.74, 6) is 1.75. The van der Waals surface area contributed by atoms with Crippen molar-refractivity contribution >= 4 is 15.4 Å². The maximum atomic E-state index is 13.7. The van der Waals surface area contributed by atoms with Gasteiger partial charge in [-0.05, 0) is 56.3 Å². The molecule has 38 heavy (non-hydrogen) atoms. The van der Waals surface area contributed by atoms with Crippen molar-refractivity contribution in [3.05, 3.63) is 78.1 Å². The zero-order valence-electron chi connectivity index (χ0n) is 21.3. The van der Waals surface area contributed by atoms with Crippen LogP contribution in [-0.4, -0.2) is 57.4 Å². The SMILES string of the molecule is COc1cccc(OC)c1-n1c(CS(=O)(=O)[C@@H](C)[C@@H](O)c2cccc3ccnn23)nnc1-c1ccc(C)o1. The van der Waals surface area contributed by atoms with Gasteiger partial charge in [0, 0.05) is 6.20 Å². The molecule has 4 heterocycles. The van der Waals surface area contributed by atoms with Crippen molar-refractivity contribution in [2.24, 2.45) is 0 Å². The van der Waals surface area contributed by atoms with Crippen LogP contribution in [0.25, 0.3) is 22.8 Å². The molecule has 0 aliphatic carbocycles. The Morgan fingerprint density at radius 2 is 1.71 bits per heavy atom. The Bertz CT molecular complexity index is 1680.